The summed E-state index contributed by atoms with van der Waals surface area (Å²) in [5.74, 6) is -0.956. The first-order valence-corrected chi connectivity index (χ1v) is 11.3. The fraction of sp³-hybridized carbons (Fsp3) is 0.259. The van der Waals surface area contributed by atoms with Crippen LogP contribution in [0.3, 0.4) is 0 Å². The van der Waals surface area contributed by atoms with Gasteiger partial charge in [0.2, 0.25) is 5.91 Å². The SMILES string of the molecule is CCc1cc(O)c(Oc2c(C(=O)N3CCN(C)C(=O)C3)ccc3c2-c2ccccc2C3)cc1F. The lowest BCUT2D eigenvalue weighted by molar-refractivity contribution is -0.133. The molecule has 1 heterocycles. The van der Waals surface area contributed by atoms with E-state index in [0.29, 0.717) is 31.5 Å². The molecule has 1 fully saturated rings. The molecule has 2 aliphatic rings. The highest BCUT2D eigenvalue weighted by Gasteiger charge is 2.32. The lowest BCUT2D eigenvalue weighted by Gasteiger charge is -2.32. The van der Waals surface area contributed by atoms with Crippen molar-refractivity contribution in [2.75, 3.05) is 26.7 Å². The summed E-state index contributed by atoms with van der Waals surface area (Å²) in [6.45, 7) is 2.62. The van der Waals surface area contributed by atoms with Crippen molar-refractivity contribution < 1.29 is 23.8 Å². The number of fused-ring (bicyclic) bond motifs is 3. The van der Waals surface area contributed by atoms with Gasteiger partial charge in [0.05, 0.1) is 5.56 Å². The predicted molar refractivity (Wildman–Crippen MR) is 126 cm³/mol. The summed E-state index contributed by atoms with van der Waals surface area (Å²) in [5, 5.41) is 10.6. The van der Waals surface area contributed by atoms with E-state index < -0.39 is 5.82 Å². The molecule has 0 bridgehead atoms. The standard InChI is InChI=1S/C27H25FN2O4/c1-3-16-13-22(31)23(14-21(16)28)34-26-20(27(33)30-11-10-29(2)24(32)15-30)9-8-18-12-17-6-4-5-7-19(17)25(18)26/h4-9,13-14,31H,3,10-12,15H2,1-2H3. The summed E-state index contributed by atoms with van der Waals surface area (Å²) < 4.78 is 20.7. The molecule has 1 aliphatic carbocycles. The van der Waals surface area contributed by atoms with E-state index in [1.165, 1.54) is 11.0 Å². The van der Waals surface area contributed by atoms with Gasteiger partial charge in [-0.1, -0.05) is 37.3 Å². The molecule has 1 aliphatic heterocycles. The number of benzene rings is 3. The van der Waals surface area contributed by atoms with Crippen molar-refractivity contribution in [3.63, 3.8) is 0 Å². The molecular weight excluding hydrogens is 435 g/mol. The molecule has 0 aromatic heterocycles. The van der Waals surface area contributed by atoms with Crippen molar-refractivity contribution in [1.29, 1.82) is 0 Å². The van der Waals surface area contributed by atoms with Crippen molar-refractivity contribution in [3.8, 4) is 28.4 Å². The Hall–Kier alpha value is -3.87. The molecule has 0 spiro atoms. The van der Waals surface area contributed by atoms with Crippen LogP contribution in [-0.2, 0) is 17.6 Å². The van der Waals surface area contributed by atoms with Gasteiger partial charge in [0.25, 0.3) is 5.91 Å². The zero-order valence-corrected chi connectivity index (χ0v) is 19.1. The number of amides is 2. The second-order valence-corrected chi connectivity index (χ2v) is 8.72. The first-order valence-electron chi connectivity index (χ1n) is 11.3. The molecule has 2 amide bonds. The summed E-state index contributed by atoms with van der Waals surface area (Å²) in [5.41, 5.74) is 4.40. The van der Waals surface area contributed by atoms with Crippen LogP contribution in [-0.4, -0.2) is 53.4 Å². The van der Waals surface area contributed by atoms with E-state index in [4.69, 9.17) is 4.74 Å². The Kier molecular flexibility index (Phi) is 5.48. The van der Waals surface area contributed by atoms with Crippen LogP contribution < -0.4 is 4.74 Å². The number of hydrogen-bond acceptors (Lipinski definition) is 4. The molecule has 0 unspecified atom stereocenters. The zero-order valence-electron chi connectivity index (χ0n) is 19.1. The number of carbonyl (C=O) groups is 2. The Morgan fingerprint density at radius 3 is 2.68 bits per heavy atom. The Labute approximate surface area is 197 Å². The van der Waals surface area contributed by atoms with Crippen LogP contribution >= 0.6 is 0 Å². The smallest absolute Gasteiger partial charge is 0.258 e. The van der Waals surface area contributed by atoms with Gasteiger partial charge in [0, 0.05) is 31.8 Å². The highest BCUT2D eigenvalue weighted by molar-refractivity contribution is 6.02. The number of rotatable bonds is 4. The predicted octanol–water partition coefficient (Wildman–Crippen LogP) is 4.37. The number of piperazine rings is 1. The maximum atomic E-state index is 14.6. The number of phenols is 1. The van der Waals surface area contributed by atoms with Gasteiger partial charge in [0.15, 0.2) is 11.5 Å². The van der Waals surface area contributed by atoms with Gasteiger partial charge in [-0.25, -0.2) is 4.39 Å². The molecule has 174 valence electrons. The minimum absolute atomic E-state index is 0.0203. The summed E-state index contributed by atoms with van der Waals surface area (Å²) in [6.07, 6.45) is 1.10. The van der Waals surface area contributed by atoms with Crippen LogP contribution in [0.25, 0.3) is 11.1 Å². The molecule has 34 heavy (non-hydrogen) atoms. The number of aromatic hydroxyl groups is 1. The second kappa shape index (κ2) is 8.48. The Morgan fingerprint density at radius 1 is 1.12 bits per heavy atom. The minimum atomic E-state index is -0.485. The van der Waals surface area contributed by atoms with Crippen LogP contribution in [0.5, 0.6) is 17.2 Å². The Balaban J connectivity index is 1.63. The maximum Gasteiger partial charge on any atom is 0.258 e. The number of hydrogen-bond donors (Lipinski definition) is 1. The van der Waals surface area contributed by atoms with Gasteiger partial charge in [-0.05, 0) is 47.2 Å². The third-order valence-electron chi connectivity index (χ3n) is 6.61. The molecule has 1 N–H and O–H groups in total. The topological polar surface area (TPSA) is 70.1 Å². The van der Waals surface area contributed by atoms with Crippen molar-refractivity contribution in [3.05, 3.63) is 76.6 Å². The average molecular weight is 461 g/mol. The van der Waals surface area contributed by atoms with E-state index in [1.54, 1.807) is 24.9 Å². The molecule has 5 rings (SSSR count). The van der Waals surface area contributed by atoms with Crippen LogP contribution in [0.2, 0.25) is 0 Å². The molecule has 3 aromatic rings. The first-order chi connectivity index (χ1) is 16.4. The van der Waals surface area contributed by atoms with E-state index in [9.17, 15) is 19.1 Å². The van der Waals surface area contributed by atoms with E-state index in [1.807, 2.05) is 30.3 Å². The van der Waals surface area contributed by atoms with Gasteiger partial charge in [-0.3, -0.25) is 9.59 Å². The second-order valence-electron chi connectivity index (χ2n) is 8.72. The summed E-state index contributed by atoms with van der Waals surface area (Å²) in [6, 6.07) is 13.9. The van der Waals surface area contributed by atoms with Crippen LogP contribution in [0.15, 0.2) is 48.5 Å². The molecule has 0 radical (unpaired) electrons. The number of halogens is 1. The third-order valence-corrected chi connectivity index (χ3v) is 6.61. The lowest BCUT2D eigenvalue weighted by Crippen LogP contribution is -2.50. The Bertz CT molecular complexity index is 1320. The molecule has 0 saturated carbocycles. The number of nitrogens with zero attached hydrogens (tertiary/aromatic N) is 2. The highest BCUT2D eigenvalue weighted by atomic mass is 19.1. The normalized spacial score (nSPS) is 14.7. The van der Waals surface area contributed by atoms with E-state index in [0.717, 1.165) is 28.3 Å². The van der Waals surface area contributed by atoms with Crippen molar-refractivity contribution in [2.24, 2.45) is 0 Å². The molecular formula is C27H25FN2O4. The largest absolute Gasteiger partial charge is 0.504 e. The summed E-state index contributed by atoms with van der Waals surface area (Å²) in [4.78, 5) is 28.9. The van der Waals surface area contributed by atoms with Crippen molar-refractivity contribution in [2.45, 2.75) is 19.8 Å². The van der Waals surface area contributed by atoms with E-state index >= 15 is 0 Å². The van der Waals surface area contributed by atoms with Gasteiger partial charge < -0.3 is 19.6 Å². The van der Waals surface area contributed by atoms with Crippen LogP contribution in [0, 0.1) is 5.82 Å². The molecule has 0 atom stereocenters. The highest BCUT2D eigenvalue weighted by Crippen LogP contribution is 2.47. The first kappa shape index (κ1) is 21.9. The molecule has 6 nitrogen and oxygen atoms in total. The molecule has 1 saturated heterocycles. The average Bonchev–Trinajstić information content (AvgIpc) is 3.21. The van der Waals surface area contributed by atoms with Crippen LogP contribution in [0.1, 0.15) is 34.0 Å². The fourth-order valence-corrected chi connectivity index (χ4v) is 4.62. The zero-order chi connectivity index (χ0) is 24.0. The monoisotopic (exact) mass is 460 g/mol. The number of carbonyl (C=O) groups excluding carboxylic acids is 2. The Morgan fingerprint density at radius 2 is 1.91 bits per heavy atom. The third kappa shape index (κ3) is 3.67. The summed E-state index contributed by atoms with van der Waals surface area (Å²) in [7, 11) is 1.71. The van der Waals surface area contributed by atoms with Gasteiger partial charge >= 0.3 is 0 Å². The maximum absolute atomic E-state index is 14.6. The van der Waals surface area contributed by atoms with Crippen molar-refractivity contribution in [1.82, 2.24) is 9.80 Å². The van der Waals surface area contributed by atoms with Gasteiger partial charge in [0.1, 0.15) is 18.1 Å². The van der Waals surface area contributed by atoms with E-state index in [-0.39, 0.29) is 41.2 Å². The molecule has 3 aromatic carbocycles. The summed E-state index contributed by atoms with van der Waals surface area (Å²) >= 11 is 0. The minimum Gasteiger partial charge on any atom is -0.504 e. The number of phenolic OH excluding ortho intramolecular Hbond substituents is 1. The van der Waals surface area contributed by atoms with E-state index in [2.05, 4.69) is 0 Å². The fourth-order valence-electron chi connectivity index (χ4n) is 4.62. The molecule has 7 heteroatoms. The van der Waals surface area contributed by atoms with Gasteiger partial charge in [-0.15, -0.1) is 0 Å². The van der Waals surface area contributed by atoms with Crippen LogP contribution in [0.4, 0.5) is 4.39 Å². The quantitative estimate of drug-likeness (QED) is 0.491. The number of likely N-dealkylation sites (N-methyl/N-ethyl adjacent to an activating group) is 1. The lowest BCUT2D eigenvalue weighted by atomic mass is 9.99. The number of aryl methyl sites for hydroxylation is 1. The van der Waals surface area contributed by atoms with Crippen molar-refractivity contribution >= 4 is 11.8 Å². The van der Waals surface area contributed by atoms with Gasteiger partial charge in [-0.2, -0.15) is 0 Å². The number of ether oxygens (including phenoxy) is 1.